The number of ether oxygens (including phenoxy) is 3. The monoisotopic (exact) mass is 214 g/mol. The Morgan fingerprint density at radius 2 is 2.40 bits per heavy atom. The van der Waals surface area contributed by atoms with Crippen molar-refractivity contribution in [3.8, 4) is 0 Å². The Balaban J connectivity index is 2.08. The highest BCUT2D eigenvalue weighted by Gasteiger charge is 2.16. The van der Waals surface area contributed by atoms with E-state index in [1.165, 1.54) is 0 Å². The maximum absolute atomic E-state index is 11.1. The van der Waals surface area contributed by atoms with Gasteiger partial charge in [-0.3, -0.25) is 0 Å². The summed E-state index contributed by atoms with van der Waals surface area (Å²) in [5.74, 6) is 0.0835. The largest absolute Gasteiger partial charge is 0.463 e. The van der Waals surface area contributed by atoms with Gasteiger partial charge in [0.15, 0.2) is 0 Å². The number of rotatable bonds is 6. The van der Waals surface area contributed by atoms with Crippen LogP contribution in [0.5, 0.6) is 0 Å². The lowest BCUT2D eigenvalue weighted by molar-refractivity contribution is -0.139. The van der Waals surface area contributed by atoms with Gasteiger partial charge in [0.2, 0.25) is 0 Å². The van der Waals surface area contributed by atoms with Crippen LogP contribution in [0.4, 0.5) is 0 Å². The van der Waals surface area contributed by atoms with E-state index in [0.29, 0.717) is 24.7 Å². The number of hydrogen-bond acceptors (Lipinski definition) is 4. The fraction of sp³-hybridized carbons (Fsp3) is 0.727. The van der Waals surface area contributed by atoms with Gasteiger partial charge in [-0.1, -0.05) is 6.58 Å². The molecular formula is C11H18O4. The number of carbonyl (C=O) groups excluding carboxylic acids is 1. The van der Waals surface area contributed by atoms with Crippen molar-refractivity contribution in [3.05, 3.63) is 12.2 Å². The molecule has 0 amide bonds. The third-order valence-electron chi connectivity index (χ3n) is 2.22. The predicted octanol–water partition coefficient (Wildman–Crippen LogP) is 1.16. The molecule has 1 saturated heterocycles. The second-order valence-corrected chi connectivity index (χ2v) is 3.57. The number of hydrogen-bond donors (Lipinski definition) is 0. The molecule has 0 radical (unpaired) electrons. The van der Waals surface area contributed by atoms with Gasteiger partial charge in [-0.15, -0.1) is 0 Å². The summed E-state index contributed by atoms with van der Waals surface area (Å²) in [6.07, 6.45) is 1.03. The normalized spacial score (nSPS) is 20.2. The van der Waals surface area contributed by atoms with E-state index in [2.05, 4.69) is 6.58 Å². The van der Waals surface area contributed by atoms with Crippen molar-refractivity contribution in [1.82, 2.24) is 0 Å². The molecule has 0 aromatic rings. The maximum atomic E-state index is 11.1. The van der Waals surface area contributed by atoms with Crippen LogP contribution < -0.4 is 0 Å². The lowest BCUT2D eigenvalue weighted by Crippen LogP contribution is -2.15. The van der Waals surface area contributed by atoms with Crippen molar-refractivity contribution in [2.75, 3.05) is 33.0 Å². The highest BCUT2D eigenvalue weighted by atomic mass is 16.5. The molecule has 4 heteroatoms. The molecule has 0 bridgehead atoms. The van der Waals surface area contributed by atoms with Crippen LogP contribution in [0.2, 0.25) is 0 Å². The molecule has 0 aromatic carbocycles. The zero-order chi connectivity index (χ0) is 11.1. The first-order valence-corrected chi connectivity index (χ1v) is 5.24. The lowest BCUT2D eigenvalue weighted by Gasteiger charge is -2.09. The third kappa shape index (κ3) is 4.44. The summed E-state index contributed by atoms with van der Waals surface area (Å²) in [6.45, 7) is 8.18. The van der Waals surface area contributed by atoms with E-state index in [4.69, 9.17) is 14.2 Å². The fourth-order valence-corrected chi connectivity index (χ4v) is 1.36. The molecule has 1 atom stereocenters. The second kappa shape index (κ2) is 6.58. The van der Waals surface area contributed by atoms with Crippen LogP contribution in [0.25, 0.3) is 0 Å². The van der Waals surface area contributed by atoms with Gasteiger partial charge >= 0.3 is 5.97 Å². The van der Waals surface area contributed by atoms with Crippen LogP contribution in [0, 0.1) is 5.92 Å². The molecule has 0 aliphatic carbocycles. The first-order chi connectivity index (χ1) is 7.24. The van der Waals surface area contributed by atoms with E-state index in [-0.39, 0.29) is 12.6 Å². The molecule has 0 aromatic heterocycles. The van der Waals surface area contributed by atoms with E-state index in [1.54, 1.807) is 6.92 Å². The van der Waals surface area contributed by atoms with E-state index < -0.39 is 0 Å². The average Bonchev–Trinajstić information content (AvgIpc) is 2.71. The van der Waals surface area contributed by atoms with Gasteiger partial charge in [0, 0.05) is 12.5 Å². The van der Waals surface area contributed by atoms with E-state index in [9.17, 15) is 4.79 Å². The minimum Gasteiger partial charge on any atom is -0.463 e. The third-order valence-corrected chi connectivity index (χ3v) is 2.22. The summed E-state index contributed by atoms with van der Waals surface area (Å²) in [4.78, 5) is 11.1. The molecule has 86 valence electrons. The average molecular weight is 214 g/mol. The van der Waals surface area contributed by atoms with Crippen LogP contribution >= 0.6 is 0 Å². The van der Waals surface area contributed by atoms with Gasteiger partial charge in [-0.05, 0) is 13.3 Å². The van der Waals surface area contributed by atoms with Gasteiger partial charge in [0.05, 0.1) is 32.0 Å². The summed E-state index contributed by atoms with van der Waals surface area (Å²) in [5.41, 5.74) is 0.371. The van der Waals surface area contributed by atoms with Crippen LogP contribution in [0.15, 0.2) is 12.2 Å². The van der Waals surface area contributed by atoms with Crippen molar-refractivity contribution in [2.45, 2.75) is 13.3 Å². The summed E-state index contributed by atoms with van der Waals surface area (Å²) >= 11 is 0. The first-order valence-electron chi connectivity index (χ1n) is 5.24. The number of esters is 1. The molecule has 1 heterocycles. The van der Waals surface area contributed by atoms with Crippen molar-refractivity contribution < 1.29 is 19.0 Å². The minimum atomic E-state index is -0.375. The Hall–Kier alpha value is -0.870. The zero-order valence-corrected chi connectivity index (χ0v) is 9.16. The van der Waals surface area contributed by atoms with Gasteiger partial charge < -0.3 is 14.2 Å². The Morgan fingerprint density at radius 1 is 1.60 bits per heavy atom. The second-order valence-electron chi connectivity index (χ2n) is 3.57. The maximum Gasteiger partial charge on any atom is 0.335 e. The Labute approximate surface area is 90.2 Å². The van der Waals surface area contributed by atoms with Gasteiger partial charge in [-0.2, -0.15) is 0 Å². The summed E-state index contributed by atoms with van der Waals surface area (Å²) in [6, 6.07) is 0. The lowest BCUT2D eigenvalue weighted by atomic mass is 10.1. The predicted molar refractivity (Wildman–Crippen MR) is 55.5 cm³/mol. The van der Waals surface area contributed by atoms with E-state index in [1.807, 2.05) is 0 Å². The molecule has 4 nitrogen and oxygen atoms in total. The Morgan fingerprint density at radius 3 is 3.00 bits per heavy atom. The molecule has 0 saturated carbocycles. The van der Waals surface area contributed by atoms with Crippen LogP contribution in [0.3, 0.4) is 0 Å². The highest BCUT2D eigenvalue weighted by Crippen LogP contribution is 2.12. The molecular weight excluding hydrogens is 196 g/mol. The summed E-state index contributed by atoms with van der Waals surface area (Å²) in [7, 11) is 0. The molecule has 1 rings (SSSR count). The standard InChI is InChI=1S/C11H18O4/c1-3-15-11(12)9(2)6-14-8-10-4-5-13-7-10/h10H,2-8H2,1H3. The quantitative estimate of drug-likeness (QED) is 0.491. The molecule has 1 unspecified atom stereocenters. The molecule has 15 heavy (non-hydrogen) atoms. The van der Waals surface area contributed by atoms with Crippen molar-refractivity contribution in [3.63, 3.8) is 0 Å². The topological polar surface area (TPSA) is 44.8 Å². The minimum absolute atomic E-state index is 0.245. The fourth-order valence-electron chi connectivity index (χ4n) is 1.36. The van der Waals surface area contributed by atoms with Gasteiger partial charge in [0.1, 0.15) is 0 Å². The first kappa shape index (κ1) is 12.2. The molecule has 1 fully saturated rings. The zero-order valence-electron chi connectivity index (χ0n) is 9.16. The summed E-state index contributed by atoms with van der Waals surface area (Å²) in [5, 5.41) is 0. The molecule has 0 spiro atoms. The van der Waals surface area contributed by atoms with Crippen molar-refractivity contribution in [2.24, 2.45) is 5.92 Å². The smallest absolute Gasteiger partial charge is 0.335 e. The van der Waals surface area contributed by atoms with Gasteiger partial charge in [-0.25, -0.2) is 4.79 Å². The van der Waals surface area contributed by atoms with E-state index >= 15 is 0 Å². The Bertz CT molecular complexity index is 219. The van der Waals surface area contributed by atoms with Crippen LogP contribution in [-0.2, 0) is 19.0 Å². The SMILES string of the molecule is C=C(COCC1CCOC1)C(=O)OCC. The molecule has 1 aliphatic rings. The summed E-state index contributed by atoms with van der Waals surface area (Å²) < 4.78 is 15.4. The Kier molecular flexibility index (Phi) is 5.36. The van der Waals surface area contributed by atoms with E-state index in [0.717, 1.165) is 19.6 Å². The van der Waals surface area contributed by atoms with Crippen LogP contribution in [0.1, 0.15) is 13.3 Å². The highest BCUT2D eigenvalue weighted by molar-refractivity contribution is 5.87. The molecule has 0 N–H and O–H groups in total. The van der Waals surface area contributed by atoms with Crippen LogP contribution in [-0.4, -0.2) is 39.0 Å². The van der Waals surface area contributed by atoms with Crippen molar-refractivity contribution >= 4 is 5.97 Å². The number of carbonyl (C=O) groups is 1. The van der Waals surface area contributed by atoms with Gasteiger partial charge in [0.25, 0.3) is 0 Å². The van der Waals surface area contributed by atoms with Crippen molar-refractivity contribution in [1.29, 1.82) is 0 Å². The molecule has 1 aliphatic heterocycles.